The molecule has 0 aliphatic carbocycles. The number of halogens is 2. The van der Waals surface area contributed by atoms with E-state index in [1.165, 1.54) is 33.4 Å². The fourth-order valence-electron chi connectivity index (χ4n) is 3.15. The largest absolute Gasteiger partial charge is 0.348 e. The second-order valence-electron chi connectivity index (χ2n) is 6.77. The molecule has 10 heteroatoms. The quantitative estimate of drug-likeness (QED) is 0.793. The average molecular weight is 429 g/mol. The van der Waals surface area contributed by atoms with E-state index in [4.69, 9.17) is 11.6 Å². The van der Waals surface area contributed by atoms with Crippen LogP contribution in [0.4, 0.5) is 4.39 Å². The SMILES string of the molecule is Cn1cc(C(=O)NCc2ccc(F)c(Cl)c2)c(S(=O)(=O)N2CCCCCC2)n1. The van der Waals surface area contributed by atoms with Crippen LogP contribution in [0.15, 0.2) is 29.4 Å². The van der Waals surface area contributed by atoms with Gasteiger partial charge in [0.1, 0.15) is 5.82 Å². The third-order valence-electron chi connectivity index (χ3n) is 4.63. The van der Waals surface area contributed by atoms with Crippen molar-refractivity contribution < 1.29 is 17.6 Å². The Labute approximate surface area is 168 Å². The maximum Gasteiger partial charge on any atom is 0.263 e. The van der Waals surface area contributed by atoms with Gasteiger partial charge in [-0.15, -0.1) is 0 Å². The number of amides is 1. The molecule has 0 bridgehead atoms. The highest BCUT2D eigenvalue weighted by molar-refractivity contribution is 7.89. The summed E-state index contributed by atoms with van der Waals surface area (Å²) in [6.45, 7) is 0.930. The number of hydrogen-bond acceptors (Lipinski definition) is 4. The third kappa shape index (κ3) is 4.53. The predicted octanol–water partition coefficient (Wildman–Crippen LogP) is 2.71. The van der Waals surface area contributed by atoms with Crippen LogP contribution in [0.1, 0.15) is 41.6 Å². The van der Waals surface area contributed by atoms with Crippen LogP contribution in [0.5, 0.6) is 0 Å². The summed E-state index contributed by atoms with van der Waals surface area (Å²) >= 11 is 5.75. The zero-order chi connectivity index (χ0) is 20.3. The van der Waals surface area contributed by atoms with Crippen molar-refractivity contribution in [1.29, 1.82) is 0 Å². The number of sulfonamides is 1. The first-order valence-electron chi connectivity index (χ1n) is 9.05. The second kappa shape index (κ2) is 8.59. The first-order valence-corrected chi connectivity index (χ1v) is 10.9. The molecule has 1 aromatic heterocycles. The number of aromatic nitrogens is 2. The molecule has 152 valence electrons. The molecule has 3 rings (SSSR count). The summed E-state index contributed by atoms with van der Waals surface area (Å²) in [7, 11) is -2.30. The monoisotopic (exact) mass is 428 g/mol. The highest BCUT2D eigenvalue weighted by Crippen LogP contribution is 2.22. The summed E-state index contributed by atoms with van der Waals surface area (Å²) in [4.78, 5) is 12.6. The maximum absolute atomic E-state index is 13.3. The summed E-state index contributed by atoms with van der Waals surface area (Å²) < 4.78 is 42.1. The molecule has 7 nitrogen and oxygen atoms in total. The van der Waals surface area contributed by atoms with E-state index in [0.29, 0.717) is 18.7 Å². The number of carbonyl (C=O) groups is 1. The Morgan fingerprint density at radius 3 is 2.57 bits per heavy atom. The molecular weight excluding hydrogens is 407 g/mol. The van der Waals surface area contributed by atoms with Crippen molar-refractivity contribution in [3.05, 3.63) is 46.4 Å². The standard InChI is InChI=1S/C18H22ClFN4O3S/c1-23-12-14(17(25)21-11-13-6-7-16(20)15(19)10-13)18(22-23)28(26,27)24-8-4-2-3-5-9-24/h6-7,10,12H,2-5,8-9,11H2,1H3,(H,21,25). The minimum atomic E-state index is -3.87. The maximum atomic E-state index is 13.3. The highest BCUT2D eigenvalue weighted by Gasteiger charge is 2.32. The number of hydrogen-bond donors (Lipinski definition) is 1. The molecule has 1 aliphatic heterocycles. The fraction of sp³-hybridized carbons (Fsp3) is 0.444. The molecule has 0 unspecified atom stereocenters. The first kappa shape index (κ1) is 20.8. The van der Waals surface area contributed by atoms with E-state index in [1.807, 2.05) is 0 Å². The number of rotatable bonds is 5. The van der Waals surface area contributed by atoms with Gasteiger partial charge in [0.25, 0.3) is 15.9 Å². The van der Waals surface area contributed by atoms with Crippen LogP contribution in [-0.2, 0) is 23.6 Å². The number of nitrogens with one attached hydrogen (secondary N) is 1. The Balaban J connectivity index is 1.80. The lowest BCUT2D eigenvalue weighted by atomic mass is 10.2. The minimum absolute atomic E-state index is 0.0139. The molecule has 1 amide bonds. The Morgan fingerprint density at radius 2 is 1.93 bits per heavy atom. The van der Waals surface area contributed by atoms with Crippen LogP contribution in [0.2, 0.25) is 5.02 Å². The molecule has 1 aromatic carbocycles. The van der Waals surface area contributed by atoms with Crippen LogP contribution in [0.3, 0.4) is 0 Å². The molecule has 0 saturated carbocycles. The van der Waals surface area contributed by atoms with Gasteiger partial charge in [-0.05, 0) is 30.5 Å². The van der Waals surface area contributed by atoms with Gasteiger partial charge in [0.2, 0.25) is 5.03 Å². The summed E-state index contributed by atoms with van der Waals surface area (Å²) in [6.07, 6.45) is 4.94. The second-order valence-corrected chi connectivity index (χ2v) is 9.03. The van der Waals surface area contributed by atoms with E-state index in [0.717, 1.165) is 25.7 Å². The van der Waals surface area contributed by atoms with Crippen molar-refractivity contribution in [2.75, 3.05) is 13.1 Å². The zero-order valence-corrected chi connectivity index (χ0v) is 17.1. The average Bonchev–Trinajstić information content (AvgIpc) is 2.87. The number of carbonyl (C=O) groups excluding carboxylic acids is 1. The Hall–Kier alpha value is -1.97. The van der Waals surface area contributed by atoms with Gasteiger partial charge in [-0.3, -0.25) is 9.48 Å². The topological polar surface area (TPSA) is 84.3 Å². The molecule has 0 radical (unpaired) electrons. The molecule has 28 heavy (non-hydrogen) atoms. The summed E-state index contributed by atoms with van der Waals surface area (Å²) in [5.74, 6) is -1.11. The van der Waals surface area contributed by atoms with E-state index in [-0.39, 0.29) is 22.2 Å². The third-order valence-corrected chi connectivity index (χ3v) is 6.75. The van der Waals surface area contributed by atoms with Crippen LogP contribution >= 0.6 is 11.6 Å². The van der Waals surface area contributed by atoms with Gasteiger partial charge in [0, 0.05) is 32.9 Å². The van der Waals surface area contributed by atoms with E-state index >= 15 is 0 Å². The van der Waals surface area contributed by atoms with Gasteiger partial charge in [-0.2, -0.15) is 9.40 Å². The van der Waals surface area contributed by atoms with Gasteiger partial charge in [0.15, 0.2) is 0 Å². The molecule has 0 atom stereocenters. The van der Waals surface area contributed by atoms with Gasteiger partial charge in [-0.25, -0.2) is 12.8 Å². The van der Waals surface area contributed by atoms with E-state index in [9.17, 15) is 17.6 Å². The van der Waals surface area contributed by atoms with Crippen molar-refractivity contribution in [2.45, 2.75) is 37.3 Å². The van der Waals surface area contributed by atoms with Crippen LogP contribution < -0.4 is 5.32 Å². The predicted molar refractivity (Wildman–Crippen MR) is 103 cm³/mol. The number of benzene rings is 1. The van der Waals surface area contributed by atoms with Crippen molar-refractivity contribution >= 4 is 27.5 Å². The van der Waals surface area contributed by atoms with Gasteiger partial charge >= 0.3 is 0 Å². The smallest absolute Gasteiger partial charge is 0.263 e. The zero-order valence-electron chi connectivity index (χ0n) is 15.5. The fourth-order valence-corrected chi connectivity index (χ4v) is 4.99. The minimum Gasteiger partial charge on any atom is -0.348 e. The lowest BCUT2D eigenvalue weighted by Crippen LogP contribution is -2.34. The summed E-state index contributed by atoms with van der Waals surface area (Å²) in [5.41, 5.74) is 0.584. The van der Waals surface area contributed by atoms with Crippen LogP contribution in [0.25, 0.3) is 0 Å². The van der Waals surface area contributed by atoms with Crippen LogP contribution in [-0.4, -0.2) is 41.5 Å². The number of nitrogens with zero attached hydrogens (tertiary/aromatic N) is 3. The normalized spacial score (nSPS) is 16.0. The lowest BCUT2D eigenvalue weighted by Gasteiger charge is -2.19. The van der Waals surface area contributed by atoms with Gasteiger partial charge in [0.05, 0.1) is 10.6 Å². The van der Waals surface area contributed by atoms with Crippen molar-refractivity contribution in [1.82, 2.24) is 19.4 Å². The Kier molecular flexibility index (Phi) is 6.36. The molecule has 2 aromatic rings. The van der Waals surface area contributed by atoms with Crippen molar-refractivity contribution in [3.63, 3.8) is 0 Å². The molecular formula is C18H22ClFN4O3S. The van der Waals surface area contributed by atoms with E-state index in [1.54, 1.807) is 7.05 Å². The molecule has 0 spiro atoms. The molecule has 1 aliphatic rings. The molecule has 2 heterocycles. The summed E-state index contributed by atoms with van der Waals surface area (Å²) in [6, 6.07) is 4.12. The van der Waals surface area contributed by atoms with Crippen molar-refractivity contribution in [2.24, 2.45) is 7.05 Å². The summed E-state index contributed by atoms with van der Waals surface area (Å²) in [5, 5.41) is 6.40. The molecule has 1 saturated heterocycles. The van der Waals surface area contributed by atoms with Crippen molar-refractivity contribution in [3.8, 4) is 0 Å². The van der Waals surface area contributed by atoms with E-state index in [2.05, 4.69) is 10.4 Å². The first-order chi connectivity index (χ1) is 13.3. The van der Waals surface area contributed by atoms with E-state index < -0.39 is 21.7 Å². The highest BCUT2D eigenvalue weighted by atomic mass is 35.5. The molecule has 1 fully saturated rings. The lowest BCUT2D eigenvalue weighted by molar-refractivity contribution is 0.0947. The Morgan fingerprint density at radius 1 is 1.25 bits per heavy atom. The Bertz CT molecular complexity index is 969. The van der Waals surface area contributed by atoms with Gasteiger partial charge in [-0.1, -0.05) is 30.5 Å². The number of aryl methyl sites for hydroxylation is 1. The van der Waals surface area contributed by atoms with Crippen LogP contribution in [0, 0.1) is 5.82 Å². The van der Waals surface area contributed by atoms with Gasteiger partial charge < -0.3 is 5.32 Å². The molecule has 1 N–H and O–H groups in total.